The minimum absolute atomic E-state index is 0.275. The van der Waals surface area contributed by atoms with E-state index in [1.165, 1.54) is 12.1 Å². The number of rotatable bonds is 4. The molecule has 0 fully saturated rings. The Bertz CT molecular complexity index is 948. The third kappa shape index (κ3) is 2.92. The molecule has 0 unspecified atom stereocenters. The van der Waals surface area contributed by atoms with Gasteiger partial charge >= 0.3 is 0 Å². The largest absolute Gasteiger partial charge is 0.250 e. The number of benzene rings is 1. The van der Waals surface area contributed by atoms with Gasteiger partial charge in [0, 0.05) is 12.0 Å². The first-order chi connectivity index (χ1) is 11.5. The maximum Gasteiger partial charge on any atom is 0.216 e. The number of hydrogen-bond acceptors (Lipinski definition) is 4. The van der Waals surface area contributed by atoms with Crippen LogP contribution in [0, 0.1) is 24.4 Å². The van der Waals surface area contributed by atoms with E-state index in [0.29, 0.717) is 4.77 Å². The number of nitrogens with zero attached hydrogens (tertiary/aromatic N) is 5. The average molecular weight is 344 g/mol. The molecule has 2 heterocycles. The Morgan fingerprint density at radius 2 is 2.00 bits per heavy atom. The summed E-state index contributed by atoms with van der Waals surface area (Å²) in [5.41, 5.74) is 3.43. The van der Waals surface area contributed by atoms with Crippen molar-refractivity contribution in [3.05, 3.63) is 57.6 Å². The molecule has 0 bridgehead atoms. The maximum absolute atomic E-state index is 13.1. The van der Waals surface area contributed by atoms with Crippen molar-refractivity contribution in [1.29, 1.82) is 0 Å². The number of hydrogen-bond donors (Lipinski definition) is 1. The fourth-order valence-electron chi connectivity index (χ4n) is 2.46. The number of aromatic nitrogens is 5. The van der Waals surface area contributed by atoms with Gasteiger partial charge in [0.1, 0.15) is 5.82 Å². The molecule has 3 rings (SSSR count). The highest BCUT2D eigenvalue weighted by Gasteiger charge is 2.12. The van der Waals surface area contributed by atoms with Crippen molar-refractivity contribution in [2.75, 3.05) is 0 Å². The minimum Gasteiger partial charge on any atom is -0.250 e. The molecule has 0 atom stereocenters. The van der Waals surface area contributed by atoms with Crippen LogP contribution in [0.4, 0.5) is 4.39 Å². The Hall–Kier alpha value is -2.61. The Labute approximate surface area is 143 Å². The Balaban J connectivity index is 2.00. The van der Waals surface area contributed by atoms with Crippen LogP contribution in [0.5, 0.6) is 0 Å². The van der Waals surface area contributed by atoms with Crippen molar-refractivity contribution in [2.45, 2.75) is 27.2 Å². The number of aryl methyl sites for hydroxylation is 2. The number of aromatic amines is 1. The zero-order chi connectivity index (χ0) is 17.3. The second kappa shape index (κ2) is 6.48. The average Bonchev–Trinajstić information content (AvgIpc) is 3.06. The first-order valence-electron chi connectivity index (χ1n) is 7.54. The van der Waals surface area contributed by atoms with E-state index in [-0.39, 0.29) is 5.82 Å². The lowest BCUT2D eigenvalue weighted by Crippen LogP contribution is -2.00. The molecule has 0 saturated carbocycles. The van der Waals surface area contributed by atoms with Crippen LogP contribution in [0.3, 0.4) is 0 Å². The normalized spacial score (nSPS) is 11.5. The van der Waals surface area contributed by atoms with Gasteiger partial charge in [-0.2, -0.15) is 20.0 Å². The van der Waals surface area contributed by atoms with E-state index < -0.39 is 0 Å². The van der Waals surface area contributed by atoms with Gasteiger partial charge in [0.2, 0.25) is 4.77 Å². The molecule has 1 N–H and O–H groups in total. The number of H-pyrrole nitrogens is 1. The van der Waals surface area contributed by atoms with Crippen molar-refractivity contribution in [1.82, 2.24) is 24.7 Å². The van der Waals surface area contributed by atoms with Gasteiger partial charge in [0.15, 0.2) is 5.82 Å². The second-order valence-corrected chi connectivity index (χ2v) is 5.71. The van der Waals surface area contributed by atoms with Crippen LogP contribution in [-0.2, 0) is 6.42 Å². The van der Waals surface area contributed by atoms with E-state index in [2.05, 4.69) is 20.4 Å². The summed E-state index contributed by atoms with van der Waals surface area (Å²) >= 11 is 5.19. The van der Waals surface area contributed by atoms with Crippen LogP contribution < -0.4 is 0 Å². The molecule has 0 aliphatic carbocycles. The lowest BCUT2D eigenvalue weighted by molar-refractivity contribution is 0.627. The van der Waals surface area contributed by atoms with Gasteiger partial charge < -0.3 is 0 Å². The summed E-state index contributed by atoms with van der Waals surface area (Å²) in [7, 11) is 0. The molecule has 8 heteroatoms. The van der Waals surface area contributed by atoms with Crippen molar-refractivity contribution >= 4 is 18.4 Å². The van der Waals surface area contributed by atoms with Crippen LogP contribution in [0.1, 0.15) is 29.7 Å². The van der Waals surface area contributed by atoms with E-state index in [0.717, 1.165) is 34.9 Å². The quantitative estimate of drug-likeness (QED) is 0.583. The van der Waals surface area contributed by atoms with Gasteiger partial charge in [-0.05, 0) is 50.3 Å². The molecule has 2 aromatic heterocycles. The van der Waals surface area contributed by atoms with E-state index >= 15 is 0 Å². The second-order valence-electron chi connectivity index (χ2n) is 5.33. The highest BCUT2D eigenvalue weighted by molar-refractivity contribution is 7.71. The van der Waals surface area contributed by atoms with E-state index in [4.69, 9.17) is 12.2 Å². The predicted octanol–water partition coefficient (Wildman–Crippen LogP) is 3.33. The van der Waals surface area contributed by atoms with Gasteiger partial charge in [0.05, 0.1) is 23.3 Å². The zero-order valence-corrected chi connectivity index (χ0v) is 14.4. The molecule has 24 heavy (non-hydrogen) atoms. The molecule has 0 aliphatic heterocycles. The Morgan fingerprint density at radius 1 is 1.29 bits per heavy atom. The van der Waals surface area contributed by atoms with Crippen LogP contribution >= 0.6 is 12.2 Å². The van der Waals surface area contributed by atoms with Crippen LogP contribution in [0.25, 0.3) is 5.69 Å². The van der Waals surface area contributed by atoms with Crippen LogP contribution in [-0.4, -0.2) is 30.9 Å². The SMILES string of the molecule is CCc1n[nH]c(=S)n1/N=C\c1c(C)nn(-c2ccc(F)cc2)c1C. The molecular formula is C16H17FN6S. The molecule has 0 saturated heterocycles. The molecule has 3 aromatic rings. The van der Waals surface area contributed by atoms with Crippen LogP contribution in [0.15, 0.2) is 29.4 Å². The highest BCUT2D eigenvalue weighted by Crippen LogP contribution is 2.17. The van der Waals surface area contributed by atoms with Crippen molar-refractivity contribution in [2.24, 2.45) is 5.10 Å². The molecule has 0 aliphatic rings. The Morgan fingerprint density at radius 3 is 2.67 bits per heavy atom. The molecule has 0 spiro atoms. The van der Waals surface area contributed by atoms with E-state index in [9.17, 15) is 4.39 Å². The summed E-state index contributed by atoms with van der Waals surface area (Å²) in [6, 6.07) is 6.21. The van der Waals surface area contributed by atoms with Gasteiger partial charge in [0.25, 0.3) is 0 Å². The zero-order valence-electron chi connectivity index (χ0n) is 13.6. The van der Waals surface area contributed by atoms with Crippen molar-refractivity contribution < 1.29 is 4.39 Å². The third-order valence-corrected chi connectivity index (χ3v) is 4.02. The summed E-state index contributed by atoms with van der Waals surface area (Å²) in [6.45, 7) is 5.84. The molecule has 6 nitrogen and oxygen atoms in total. The topological polar surface area (TPSA) is 63.8 Å². The van der Waals surface area contributed by atoms with Gasteiger partial charge in [-0.3, -0.25) is 5.10 Å². The highest BCUT2D eigenvalue weighted by atomic mass is 32.1. The summed E-state index contributed by atoms with van der Waals surface area (Å²) < 4.78 is 16.9. The van der Waals surface area contributed by atoms with Gasteiger partial charge in [-0.25, -0.2) is 9.07 Å². The van der Waals surface area contributed by atoms with Crippen molar-refractivity contribution in [3.8, 4) is 5.69 Å². The fourth-order valence-corrected chi connectivity index (χ4v) is 2.66. The summed E-state index contributed by atoms with van der Waals surface area (Å²) in [5.74, 6) is 0.487. The summed E-state index contributed by atoms with van der Waals surface area (Å²) in [4.78, 5) is 0. The molecule has 1 aromatic carbocycles. The Kier molecular flexibility index (Phi) is 4.39. The lowest BCUT2D eigenvalue weighted by Gasteiger charge is -2.04. The summed E-state index contributed by atoms with van der Waals surface area (Å²) in [5, 5.41) is 15.8. The molecule has 0 amide bonds. The monoisotopic (exact) mass is 344 g/mol. The smallest absolute Gasteiger partial charge is 0.216 e. The molecular weight excluding hydrogens is 327 g/mol. The van der Waals surface area contributed by atoms with Gasteiger partial charge in [-0.1, -0.05) is 6.92 Å². The third-order valence-electron chi connectivity index (χ3n) is 3.75. The maximum atomic E-state index is 13.1. The number of nitrogens with one attached hydrogen (secondary N) is 1. The summed E-state index contributed by atoms with van der Waals surface area (Å²) in [6.07, 6.45) is 2.44. The van der Waals surface area contributed by atoms with Gasteiger partial charge in [-0.15, -0.1) is 0 Å². The standard InChI is InChI=1S/C16H17FN6S/c1-4-15-19-20-16(24)23(15)18-9-14-10(2)21-22(11(14)3)13-7-5-12(17)6-8-13/h5-9H,4H2,1-3H3,(H,20,24)/b18-9-. The van der Waals surface area contributed by atoms with Crippen LogP contribution in [0.2, 0.25) is 0 Å². The molecule has 124 valence electrons. The van der Waals surface area contributed by atoms with E-state index in [1.807, 2.05) is 20.8 Å². The molecule has 0 radical (unpaired) electrons. The first kappa shape index (κ1) is 16.3. The first-order valence-corrected chi connectivity index (χ1v) is 7.95. The number of halogens is 1. The lowest BCUT2D eigenvalue weighted by atomic mass is 10.2. The fraction of sp³-hybridized carbons (Fsp3) is 0.250. The minimum atomic E-state index is -0.275. The predicted molar refractivity (Wildman–Crippen MR) is 92.8 cm³/mol. The van der Waals surface area contributed by atoms with E-state index in [1.54, 1.807) is 27.7 Å². The van der Waals surface area contributed by atoms with Crippen molar-refractivity contribution in [3.63, 3.8) is 0 Å².